The number of likely N-dealkylation sites (tertiary alicyclic amines) is 1. The van der Waals surface area contributed by atoms with E-state index in [0.29, 0.717) is 6.54 Å². The molecule has 232 valence electrons. The van der Waals surface area contributed by atoms with Gasteiger partial charge < -0.3 is 15.1 Å². The molecule has 0 aliphatic carbocycles. The molecule has 2 N–H and O–H groups in total. The number of unbranched alkanes of at least 4 members (excludes halogenated alkanes) is 4. The molecule has 1 aliphatic rings. The first-order chi connectivity index (χ1) is 20.2. The highest BCUT2D eigenvalue weighted by Gasteiger charge is 2.32. The molecule has 1 fully saturated rings. The van der Waals surface area contributed by atoms with Crippen molar-refractivity contribution in [1.29, 1.82) is 0 Å². The van der Waals surface area contributed by atoms with Crippen LogP contribution in [0.2, 0.25) is 0 Å². The molecule has 42 heavy (non-hydrogen) atoms. The van der Waals surface area contributed by atoms with E-state index in [2.05, 4.69) is 81.3 Å². The van der Waals surface area contributed by atoms with Crippen molar-refractivity contribution in [3.63, 3.8) is 0 Å². The van der Waals surface area contributed by atoms with E-state index in [1.165, 1.54) is 25.7 Å². The molecule has 1 aliphatic heterocycles. The standard InChI is InChI=1S/C36H56N4O2/c1-7-9-10-11-14-25-40(8-2,27-33(41)37-34-28(3)18-15-19-29(34)4)26-17-24-39-23-13-12-22-32(39)36(42)38-35-30(5)20-16-21-31(35)6/h15-16,18-21,32H,7-14,17,22-27H2,1-6H3,(H-,37,38,41,42)/p+1. The van der Waals surface area contributed by atoms with Crippen molar-refractivity contribution in [3.05, 3.63) is 58.7 Å². The van der Waals surface area contributed by atoms with Gasteiger partial charge >= 0.3 is 0 Å². The molecule has 1 heterocycles. The molecule has 2 aromatic carbocycles. The minimum Gasteiger partial charge on any atom is -0.324 e. The van der Waals surface area contributed by atoms with E-state index in [0.717, 1.165) is 103 Å². The first kappa shape index (κ1) is 33.8. The van der Waals surface area contributed by atoms with Gasteiger partial charge in [-0.25, -0.2) is 0 Å². The summed E-state index contributed by atoms with van der Waals surface area (Å²) in [5, 5.41) is 6.52. The van der Waals surface area contributed by atoms with Crippen molar-refractivity contribution < 1.29 is 14.1 Å². The molecule has 0 aromatic heterocycles. The minimum absolute atomic E-state index is 0.0948. The van der Waals surface area contributed by atoms with Gasteiger partial charge in [0.15, 0.2) is 6.54 Å². The summed E-state index contributed by atoms with van der Waals surface area (Å²) in [6.45, 7) is 18.0. The van der Waals surface area contributed by atoms with Crippen LogP contribution in [0.3, 0.4) is 0 Å². The van der Waals surface area contributed by atoms with E-state index in [1.807, 2.05) is 12.1 Å². The largest absolute Gasteiger partial charge is 0.324 e. The first-order valence-corrected chi connectivity index (χ1v) is 16.5. The van der Waals surface area contributed by atoms with Crippen LogP contribution in [-0.2, 0) is 9.59 Å². The summed E-state index contributed by atoms with van der Waals surface area (Å²) in [5.74, 6) is 0.221. The Morgan fingerprint density at radius 3 is 1.95 bits per heavy atom. The van der Waals surface area contributed by atoms with Gasteiger partial charge in [0, 0.05) is 24.3 Å². The molecular weight excluding hydrogens is 520 g/mol. The summed E-state index contributed by atoms with van der Waals surface area (Å²) in [6, 6.07) is 12.2. The summed E-state index contributed by atoms with van der Waals surface area (Å²) in [7, 11) is 0. The van der Waals surface area contributed by atoms with Crippen molar-refractivity contribution in [3.8, 4) is 0 Å². The maximum Gasteiger partial charge on any atom is 0.279 e. The lowest BCUT2D eigenvalue weighted by atomic mass is 10.00. The second-order valence-corrected chi connectivity index (χ2v) is 12.6. The molecular formula is C36H57N4O2+. The monoisotopic (exact) mass is 577 g/mol. The van der Waals surface area contributed by atoms with Crippen molar-refractivity contribution in [2.75, 3.05) is 49.9 Å². The predicted molar refractivity (Wildman–Crippen MR) is 177 cm³/mol. The number of likely N-dealkylation sites (N-methyl/N-ethyl adjacent to an activating group) is 1. The maximum absolute atomic E-state index is 13.5. The molecule has 0 radical (unpaired) electrons. The summed E-state index contributed by atoms with van der Waals surface area (Å²) in [6.07, 6.45) is 10.3. The fourth-order valence-corrected chi connectivity index (χ4v) is 6.63. The number of quaternary nitrogens is 1. The Bertz CT molecular complexity index is 1120. The molecule has 2 atom stereocenters. The number of nitrogens with zero attached hydrogens (tertiary/aromatic N) is 2. The second kappa shape index (κ2) is 16.8. The zero-order chi connectivity index (χ0) is 30.5. The smallest absolute Gasteiger partial charge is 0.279 e. The van der Waals surface area contributed by atoms with Crippen molar-refractivity contribution in [2.45, 2.75) is 105 Å². The third-order valence-electron chi connectivity index (χ3n) is 9.35. The van der Waals surface area contributed by atoms with Gasteiger partial charge in [0.1, 0.15) is 0 Å². The number of anilines is 2. The summed E-state index contributed by atoms with van der Waals surface area (Å²) in [4.78, 5) is 29.4. The van der Waals surface area contributed by atoms with Crippen LogP contribution in [-0.4, -0.2) is 66.5 Å². The Labute approximate surface area is 255 Å². The fourth-order valence-electron chi connectivity index (χ4n) is 6.63. The van der Waals surface area contributed by atoms with Crippen molar-refractivity contribution in [1.82, 2.24) is 4.90 Å². The Morgan fingerprint density at radius 2 is 1.36 bits per heavy atom. The number of benzene rings is 2. The maximum atomic E-state index is 13.5. The number of aryl methyl sites for hydroxylation is 4. The van der Waals surface area contributed by atoms with Crippen molar-refractivity contribution in [2.24, 2.45) is 0 Å². The lowest BCUT2D eigenvalue weighted by molar-refractivity contribution is -0.919. The summed E-state index contributed by atoms with van der Waals surface area (Å²) >= 11 is 0. The number of piperidine rings is 1. The molecule has 6 nitrogen and oxygen atoms in total. The molecule has 6 heteroatoms. The third kappa shape index (κ3) is 9.67. The van der Waals surface area contributed by atoms with E-state index < -0.39 is 0 Å². The van der Waals surface area contributed by atoms with Crippen LogP contribution in [0.25, 0.3) is 0 Å². The molecule has 3 rings (SSSR count). The van der Waals surface area contributed by atoms with Gasteiger partial charge in [-0.15, -0.1) is 0 Å². The highest BCUT2D eigenvalue weighted by molar-refractivity contribution is 5.96. The van der Waals surface area contributed by atoms with Crippen LogP contribution in [0.5, 0.6) is 0 Å². The lowest BCUT2D eigenvalue weighted by Gasteiger charge is -2.39. The van der Waals surface area contributed by atoms with E-state index in [4.69, 9.17) is 0 Å². The van der Waals surface area contributed by atoms with E-state index in [-0.39, 0.29) is 17.9 Å². The normalized spacial score (nSPS) is 17.0. The van der Waals surface area contributed by atoms with Gasteiger partial charge in [-0.05, 0) is 89.1 Å². The SMILES string of the molecule is CCCCCCC[N+](CC)(CCCN1CCCCC1C(=O)Nc1c(C)cccc1C)CC(=O)Nc1c(C)cccc1C. The molecule has 0 bridgehead atoms. The Balaban J connectivity index is 1.67. The van der Waals surface area contributed by atoms with Crippen LogP contribution in [0.15, 0.2) is 36.4 Å². The summed E-state index contributed by atoms with van der Waals surface area (Å²) in [5.41, 5.74) is 6.32. The Morgan fingerprint density at radius 1 is 0.786 bits per heavy atom. The van der Waals surface area contributed by atoms with Crippen molar-refractivity contribution >= 4 is 23.2 Å². The second-order valence-electron chi connectivity index (χ2n) is 12.6. The number of hydrogen-bond acceptors (Lipinski definition) is 3. The van der Waals surface area contributed by atoms with Gasteiger partial charge in [0.2, 0.25) is 5.91 Å². The fraction of sp³-hybridized carbons (Fsp3) is 0.611. The molecule has 1 saturated heterocycles. The van der Waals surface area contributed by atoms with Crippen LogP contribution in [0.1, 0.15) is 93.9 Å². The number of rotatable bonds is 16. The number of carbonyl (C=O) groups is 2. The number of carbonyl (C=O) groups excluding carboxylic acids is 2. The summed E-state index contributed by atoms with van der Waals surface area (Å²) < 4.78 is 0.802. The van der Waals surface area contributed by atoms with E-state index in [1.54, 1.807) is 0 Å². The quantitative estimate of drug-likeness (QED) is 0.160. The first-order valence-electron chi connectivity index (χ1n) is 16.5. The topological polar surface area (TPSA) is 61.4 Å². The molecule has 0 spiro atoms. The Hall–Kier alpha value is -2.70. The number of hydrogen-bond donors (Lipinski definition) is 2. The molecule has 0 saturated carbocycles. The lowest BCUT2D eigenvalue weighted by Crippen LogP contribution is -2.54. The average molecular weight is 578 g/mol. The zero-order valence-electron chi connectivity index (χ0n) is 27.4. The molecule has 2 amide bonds. The van der Waals surface area contributed by atoms with Crippen LogP contribution < -0.4 is 10.6 Å². The van der Waals surface area contributed by atoms with Gasteiger partial charge in [0.25, 0.3) is 5.91 Å². The van der Waals surface area contributed by atoms with E-state index >= 15 is 0 Å². The number of para-hydroxylation sites is 2. The average Bonchev–Trinajstić information content (AvgIpc) is 2.97. The van der Waals surface area contributed by atoms with Crippen LogP contribution in [0.4, 0.5) is 11.4 Å². The third-order valence-corrected chi connectivity index (χ3v) is 9.35. The highest BCUT2D eigenvalue weighted by atomic mass is 16.2. The number of amides is 2. The van der Waals surface area contributed by atoms with Gasteiger partial charge in [-0.1, -0.05) is 69.0 Å². The van der Waals surface area contributed by atoms with Crippen LogP contribution in [0, 0.1) is 27.7 Å². The van der Waals surface area contributed by atoms with Crippen LogP contribution >= 0.6 is 0 Å². The Kier molecular flexibility index (Phi) is 13.5. The molecule has 2 aromatic rings. The minimum atomic E-state index is -0.0948. The predicted octanol–water partition coefficient (Wildman–Crippen LogP) is 7.55. The zero-order valence-corrected chi connectivity index (χ0v) is 27.4. The van der Waals surface area contributed by atoms with Gasteiger partial charge in [-0.2, -0.15) is 0 Å². The number of nitrogens with one attached hydrogen (secondary N) is 2. The highest BCUT2D eigenvalue weighted by Crippen LogP contribution is 2.24. The van der Waals surface area contributed by atoms with Gasteiger partial charge in [-0.3, -0.25) is 14.5 Å². The van der Waals surface area contributed by atoms with Gasteiger partial charge in [0.05, 0.1) is 25.7 Å². The van der Waals surface area contributed by atoms with E-state index in [9.17, 15) is 9.59 Å². The molecule has 2 unspecified atom stereocenters.